The number of Topliss-reactive ketones (excluding diaryl/α,β-unsaturated/α-hetero) is 1. The Hall–Kier alpha value is -2.27. The Labute approximate surface area is 135 Å². The molecule has 0 radical (unpaired) electrons. The van der Waals surface area contributed by atoms with Gasteiger partial charge in [-0.05, 0) is 35.9 Å². The number of rotatable bonds is 5. The molecule has 0 fully saturated rings. The first-order valence-corrected chi connectivity index (χ1v) is 7.23. The molecule has 22 heavy (non-hydrogen) atoms. The lowest BCUT2D eigenvalue weighted by Gasteiger charge is -2.03. The summed E-state index contributed by atoms with van der Waals surface area (Å²) in [6, 6.07) is 12.9. The molecule has 2 aromatic rings. The fourth-order valence-electron chi connectivity index (χ4n) is 1.72. The van der Waals surface area contributed by atoms with E-state index < -0.39 is 24.2 Å². The minimum atomic E-state index is -0.662. The van der Waals surface area contributed by atoms with Crippen LogP contribution < -0.4 is 0 Å². The van der Waals surface area contributed by atoms with Crippen molar-refractivity contribution in [2.24, 2.45) is 0 Å². The second kappa shape index (κ2) is 7.66. The first-order chi connectivity index (χ1) is 10.6. The largest absolute Gasteiger partial charge is 0.454 e. The van der Waals surface area contributed by atoms with Gasteiger partial charge in [0.15, 0.2) is 6.61 Å². The Morgan fingerprint density at radius 2 is 1.91 bits per heavy atom. The molecule has 0 N–H and O–H groups in total. The summed E-state index contributed by atoms with van der Waals surface area (Å²) in [4.78, 5) is 23.3. The lowest BCUT2D eigenvalue weighted by Crippen LogP contribution is -2.13. The standard InChI is InChI=1S/C17H12BrFO3/c18-13-5-3-4-12(10-13)8-9-17(21)22-11-16(20)14-6-1-2-7-15(14)19/h1-10H,11H2/b9-8+. The normalized spacial score (nSPS) is 10.6. The maximum Gasteiger partial charge on any atom is 0.331 e. The molecule has 0 aliphatic rings. The summed E-state index contributed by atoms with van der Waals surface area (Å²) < 4.78 is 19.1. The van der Waals surface area contributed by atoms with Crippen LogP contribution in [0.5, 0.6) is 0 Å². The number of hydrogen-bond acceptors (Lipinski definition) is 3. The second-order valence-electron chi connectivity index (χ2n) is 4.40. The molecule has 5 heteroatoms. The van der Waals surface area contributed by atoms with Crippen LogP contribution >= 0.6 is 15.9 Å². The average molecular weight is 363 g/mol. The van der Waals surface area contributed by atoms with E-state index >= 15 is 0 Å². The van der Waals surface area contributed by atoms with Gasteiger partial charge in [0.1, 0.15) is 5.82 Å². The summed E-state index contributed by atoms with van der Waals surface area (Å²) in [6.45, 7) is -0.497. The zero-order chi connectivity index (χ0) is 15.9. The molecular weight excluding hydrogens is 351 g/mol. The summed E-state index contributed by atoms with van der Waals surface area (Å²) in [5, 5.41) is 0. The number of carbonyl (C=O) groups excluding carboxylic acids is 2. The van der Waals surface area contributed by atoms with Crippen molar-refractivity contribution >= 4 is 33.8 Å². The Balaban J connectivity index is 1.90. The van der Waals surface area contributed by atoms with Crippen molar-refractivity contribution in [2.75, 3.05) is 6.61 Å². The second-order valence-corrected chi connectivity index (χ2v) is 5.31. The van der Waals surface area contributed by atoms with Gasteiger partial charge >= 0.3 is 5.97 Å². The van der Waals surface area contributed by atoms with E-state index in [0.29, 0.717) is 0 Å². The van der Waals surface area contributed by atoms with Crippen molar-refractivity contribution < 1.29 is 18.7 Å². The predicted octanol–water partition coefficient (Wildman–Crippen LogP) is 4.03. The smallest absolute Gasteiger partial charge is 0.331 e. The molecule has 0 heterocycles. The minimum absolute atomic E-state index is 0.0914. The fourth-order valence-corrected chi connectivity index (χ4v) is 2.14. The summed E-state index contributed by atoms with van der Waals surface area (Å²) in [6.07, 6.45) is 2.79. The number of ketones is 1. The Morgan fingerprint density at radius 1 is 1.14 bits per heavy atom. The molecule has 0 aliphatic heterocycles. The molecule has 0 saturated heterocycles. The number of carbonyl (C=O) groups is 2. The number of ether oxygens (including phenoxy) is 1. The highest BCUT2D eigenvalue weighted by Crippen LogP contribution is 2.13. The van der Waals surface area contributed by atoms with E-state index in [9.17, 15) is 14.0 Å². The van der Waals surface area contributed by atoms with E-state index in [1.54, 1.807) is 12.1 Å². The van der Waals surface area contributed by atoms with Gasteiger partial charge in [-0.2, -0.15) is 0 Å². The molecular formula is C17H12BrFO3. The van der Waals surface area contributed by atoms with Gasteiger partial charge < -0.3 is 4.74 Å². The lowest BCUT2D eigenvalue weighted by molar-refractivity contribution is -0.136. The van der Waals surface area contributed by atoms with Crippen LogP contribution in [0.3, 0.4) is 0 Å². The summed E-state index contributed by atoms with van der Waals surface area (Å²) >= 11 is 3.32. The van der Waals surface area contributed by atoms with E-state index in [0.717, 1.165) is 10.0 Å². The summed E-state index contributed by atoms with van der Waals surface area (Å²) in [7, 11) is 0. The van der Waals surface area contributed by atoms with Crippen LogP contribution in [-0.4, -0.2) is 18.4 Å². The maximum absolute atomic E-state index is 13.4. The van der Waals surface area contributed by atoms with Gasteiger partial charge in [0.2, 0.25) is 5.78 Å². The minimum Gasteiger partial charge on any atom is -0.454 e. The Kier molecular flexibility index (Phi) is 5.61. The first-order valence-electron chi connectivity index (χ1n) is 6.44. The molecule has 2 rings (SSSR count). The van der Waals surface area contributed by atoms with E-state index in [1.807, 2.05) is 24.3 Å². The van der Waals surface area contributed by atoms with Crippen LogP contribution in [0, 0.1) is 5.82 Å². The highest BCUT2D eigenvalue weighted by Gasteiger charge is 2.12. The first kappa shape index (κ1) is 16.1. The topological polar surface area (TPSA) is 43.4 Å². The Morgan fingerprint density at radius 3 is 2.64 bits per heavy atom. The highest BCUT2D eigenvalue weighted by molar-refractivity contribution is 9.10. The summed E-state index contributed by atoms with van der Waals surface area (Å²) in [5.74, 6) is -1.87. The van der Waals surface area contributed by atoms with Gasteiger partial charge in [0, 0.05) is 10.5 Å². The monoisotopic (exact) mass is 362 g/mol. The molecule has 0 spiro atoms. The molecule has 0 atom stereocenters. The zero-order valence-electron chi connectivity index (χ0n) is 11.5. The lowest BCUT2D eigenvalue weighted by atomic mass is 10.1. The van der Waals surface area contributed by atoms with Crippen molar-refractivity contribution in [1.82, 2.24) is 0 Å². The average Bonchev–Trinajstić information content (AvgIpc) is 2.51. The number of benzene rings is 2. The van der Waals surface area contributed by atoms with Crippen molar-refractivity contribution in [1.29, 1.82) is 0 Å². The van der Waals surface area contributed by atoms with Crippen molar-refractivity contribution in [2.45, 2.75) is 0 Å². The molecule has 0 unspecified atom stereocenters. The van der Waals surface area contributed by atoms with E-state index in [1.165, 1.54) is 24.3 Å². The quantitative estimate of drug-likeness (QED) is 0.458. The highest BCUT2D eigenvalue weighted by atomic mass is 79.9. The van der Waals surface area contributed by atoms with Gasteiger partial charge in [-0.25, -0.2) is 9.18 Å². The van der Waals surface area contributed by atoms with Gasteiger partial charge in [-0.15, -0.1) is 0 Å². The van der Waals surface area contributed by atoms with Crippen LogP contribution in [0.1, 0.15) is 15.9 Å². The molecule has 0 saturated carbocycles. The molecule has 3 nitrogen and oxygen atoms in total. The fraction of sp³-hybridized carbons (Fsp3) is 0.0588. The van der Waals surface area contributed by atoms with Crippen LogP contribution in [0.2, 0.25) is 0 Å². The van der Waals surface area contributed by atoms with Crippen LogP contribution in [-0.2, 0) is 9.53 Å². The van der Waals surface area contributed by atoms with Crippen LogP contribution in [0.4, 0.5) is 4.39 Å². The molecule has 0 bridgehead atoms. The SMILES string of the molecule is O=C(/C=C/c1cccc(Br)c1)OCC(=O)c1ccccc1F. The third kappa shape index (κ3) is 4.63. The third-order valence-corrected chi connectivity index (χ3v) is 3.27. The Bertz CT molecular complexity index is 725. The maximum atomic E-state index is 13.4. The number of esters is 1. The van der Waals surface area contributed by atoms with Crippen LogP contribution in [0.15, 0.2) is 59.1 Å². The van der Waals surface area contributed by atoms with Gasteiger partial charge in [-0.3, -0.25) is 4.79 Å². The van der Waals surface area contributed by atoms with Crippen molar-refractivity contribution in [3.8, 4) is 0 Å². The molecule has 0 aromatic heterocycles. The van der Waals surface area contributed by atoms with Crippen LogP contribution in [0.25, 0.3) is 6.08 Å². The summed E-state index contributed by atoms with van der Waals surface area (Å²) in [5.41, 5.74) is 0.720. The van der Waals surface area contributed by atoms with Crippen molar-refractivity contribution in [3.05, 3.63) is 76.0 Å². The molecule has 2 aromatic carbocycles. The van der Waals surface area contributed by atoms with Gasteiger partial charge in [-0.1, -0.05) is 40.2 Å². The molecule has 0 aliphatic carbocycles. The number of hydrogen-bond donors (Lipinski definition) is 0. The van der Waals surface area contributed by atoms with Crippen molar-refractivity contribution in [3.63, 3.8) is 0 Å². The number of halogens is 2. The molecule has 112 valence electrons. The van der Waals surface area contributed by atoms with E-state index in [-0.39, 0.29) is 5.56 Å². The zero-order valence-corrected chi connectivity index (χ0v) is 13.0. The van der Waals surface area contributed by atoms with E-state index in [2.05, 4.69) is 15.9 Å². The van der Waals surface area contributed by atoms with E-state index in [4.69, 9.17) is 4.74 Å². The molecule has 0 amide bonds. The predicted molar refractivity (Wildman–Crippen MR) is 84.9 cm³/mol. The third-order valence-electron chi connectivity index (χ3n) is 2.78. The van der Waals surface area contributed by atoms with Gasteiger partial charge in [0.25, 0.3) is 0 Å². The van der Waals surface area contributed by atoms with Gasteiger partial charge in [0.05, 0.1) is 5.56 Å².